The Morgan fingerprint density at radius 2 is 1.30 bits per heavy atom. The van der Waals surface area contributed by atoms with Crippen LogP contribution in [0.4, 0.5) is 0 Å². The number of hydrogen-bond acceptors (Lipinski definition) is 2. The fourth-order valence-corrected chi connectivity index (χ4v) is 2.51. The molecule has 0 unspecified atom stereocenters. The van der Waals surface area contributed by atoms with E-state index in [2.05, 4.69) is 25.2 Å². The summed E-state index contributed by atoms with van der Waals surface area (Å²) in [6.45, 7) is 5.55. The third-order valence-corrected chi connectivity index (χ3v) is 3.93. The molecule has 1 aliphatic heterocycles. The second kappa shape index (κ2) is 13.3. The number of ether oxygens (including phenoxy) is 2. The van der Waals surface area contributed by atoms with Crippen LogP contribution in [0.2, 0.25) is 0 Å². The van der Waals surface area contributed by atoms with Gasteiger partial charge in [0.15, 0.2) is 5.79 Å². The number of hydrogen-bond donors (Lipinski definition) is 0. The number of rotatable bonds is 12. The van der Waals surface area contributed by atoms with Gasteiger partial charge in [-0.15, -0.1) is 0 Å². The third-order valence-electron chi connectivity index (χ3n) is 3.93. The minimum absolute atomic E-state index is 0.537. The van der Waals surface area contributed by atoms with Gasteiger partial charge in [-0.05, 0) is 25.8 Å². The van der Waals surface area contributed by atoms with Crippen molar-refractivity contribution in [2.75, 3.05) is 13.2 Å². The summed E-state index contributed by atoms with van der Waals surface area (Å²) in [5.74, 6) is -0.537. The van der Waals surface area contributed by atoms with Crippen LogP contribution < -0.4 is 0 Å². The smallest absolute Gasteiger partial charge is 0.185 e. The van der Waals surface area contributed by atoms with E-state index in [1.807, 2.05) is 37.3 Å². The van der Waals surface area contributed by atoms with Crippen molar-refractivity contribution in [2.24, 2.45) is 0 Å². The summed E-state index contributed by atoms with van der Waals surface area (Å²) < 4.78 is 11.0. The summed E-state index contributed by atoms with van der Waals surface area (Å²) in [7, 11) is 0. The average molecular weight is 319 g/mol. The van der Waals surface area contributed by atoms with Crippen LogP contribution in [0.5, 0.6) is 0 Å². The van der Waals surface area contributed by atoms with E-state index < -0.39 is 5.79 Å². The molecular formula is C21H34O2. The first kappa shape index (κ1) is 19.9. The van der Waals surface area contributed by atoms with Crippen molar-refractivity contribution in [2.45, 2.75) is 71.0 Å². The molecule has 0 atom stereocenters. The highest BCUT2D eigenvalue weighted by atomic mass is 16.7. The molecule has 0 saturated carbocycles. The lowest BCUT2D eigenvalue weighted by atomic mass is 10.1. The van der Waals surface area contributed by atoms with Crippen LogP contribution >= 0.6 is 0 Å². The van der Waals surface area contributed by atoms with Gasteiger partial charge in [0.2, 0.25) is 0 Å². The molecule has 0 aliphatic carbocycles. The van der Waals surface area contributed by atoms with Crippen molar-refractivity contribution in [1.82, 2.24) is 0 Å². The van der Waals surface area contributed by atoms with Crippen molar-refractivity contribution in [3.8, 4) is 0 Å². The van der Waals surface area contributed by atoms with E-state index in [0.29, 0.717) is 13.2 Å². The highest BCUT2D eigenvalue weighted by Crippen LogP contribution is 2.19. The highest BCUT2D eigenvalue weighted by molar-refractivity contribution is 5.16. The van der Waals surface area contributed by atoms with Gasteiger partial charge in [0.25, 0.3) is 0 Å². The summed E-state index contributed by atoms with van der Waals surface area (Å²) in [5, 5.41) is 0. The molecule has 23 heavy (non-hydrogen) atoms. The van der Waals surface area contributed by atoms with Crippen LogP contribution in [-0.2, 0) is 9.47 Å². The molecule has 0 spiro atoms. The zero-order valence-electron chi connectivity index (χ0n) is 15.0. The Bertz CT molecular complexity index is 385. The van der Waals surface area contributed by atoms with Crippen LogP contribution in [0, 0.1) is 0 Å². The molecule has 0 aromatic heterocycles. The van der Waals surface area contributed by atoms with Crippen molar-refractivity contribution < 1.29 is 9.47 Å². The van der Waals surface area contributed by atoms with Crippen LogP contribution in [0.3, 0.4) is 0 Å². The minimum atomic E-state index is -0.537. The largest absolute Gasteiger partial charge is 0.344 e. The molecule has 1 rings (SSSR count). The van der Waals surface area contributed by atoms with Gasteiger partial charge in [-0.1, -0.05) is 88.0 Å². The molecule has 1 heterocycles. The van der Waals surface area contributed by atoms with Gasteiger partial charge in [0.05, 0.1) is 13.2 Å². The molecular weight excluding hydrogens is 284 g/mol. The zero-order valence-corrected chi connectivity index (χ0v) is 15.0. The fraction of sp³-hybridized carbons (Fsp3) is 0.619. The fourth-order valence-electron chi connectivity index (χ4n) is 2.51. The molecule has 0 bridgehead atoms. The normalized spacial score (nSPS) is 18.3. The summed E-state index contributed by atoms with van der Waals surface area (Å²) in [6.07, 6.45) is 27.3. The Labute approximate surface area is 143 Å². The van der Waals surface area contributed by atoms with Crippen molar-refractivity contribution >= 4 is 0 Å². The van der Waals surface area contributed by atoms with E-state index >= 15 is 0 Å². The van der Waals surface area contributed by atoms with E-state index in [9.17, 15) is 0 Å². The minimum Gasteiger partial charge on any atom is -0.344 e. The monoisotopic (exact) mass is 318 g/mol. The first-order chi connectivity index (χ1) is 11.3. The molecule has 0 amide bonds. The summed E-state index contributed by atoms with van der Waals surface area (Å²) in [4.78, 5) is 0. The van der Waals surface area contributed by atoms with Crippen LogP contribution in [0.15, 0.2) is 48.6 Å². The maximum absolute atomic E-state index is 5.49. The Balaban J connectivity index is 1.98. The molecule has 1 saturated heterocycles. The quantitative estimate of drug-likeness (QED) is 0.319. The molecule has 0 radical (unpaired) electrons. The Morgan fingerprint density at radius 3 is 2.00 bits per heavy atom. The first-order valence-electron chi connectivity index (χ1n) is 9.22. The van der Waals surface area contributed by atoms with Crippen molar-refractivity contribution in [3.05, 3.63) is 48.6 Å². The van der Waals surface area contributed by atoms with E-state index in [-0.39, 0.29) is 0 Å². The second-order valence-corrected chi connectivity index (χ2v) is 6.18. The van der Waals surface area contributed by atoms with Crippen molar-refractivity contribution in [3.63, 3.8) is 0 Å². The zero-order chi connectivity index (χ0) is 16.6. The van der Waals surface area contributed by atoms with Gasteiger partial charge in [-0.3, -0.25) is 0 Å². The molecule has 1 fully saturated rings. The molecule has 1 aliphatic rings. The molecule has 2 nitrogen and oxygen atoms in total. The van der Waals surface area contributed by atoms with Crippen molar-refractivity contribution in [1.29, 1.82) is 0 Å². The number of unbranched alkanes of at least 4 members (excludes halogenated alkanes) is 7. The van der Waals surface area contributed by atoms with Crippen LogP contribution in [0.1, 0.15) is 65.2 Å². The number of allylic oxidation sites excluding steroid dienone is 7. The van der Waals surface area contributed by atoms with Gasteiger partial charge >= 0.3 is 0 Å². The van der Waals surface area contributed by atoms with E-state index in [1.165, 1.54) is 51.4 Å². The van der Waals surface area contributed by atoms with E-state index in [1.54, 1.807) is 0 Å². The summed E-state index contributed by atoms with van der Waals surface area (Å²) in [6, 6.07) is 0. The van der Waals surface area contributed by atoms with Gasteiger partial charge in [0.1, 0.15) is 0 Å². The second-order valence-electron chi connectivity index (χ2n) is 6.18. The van der Waals surface area contributed by atoms with E-state index in [0.717, 1.165) is 0 Å². The molecule has 130 valence electrons. The molecule has 0 N–H and O–H groups in total. The first-order valence-corrected chi connectivity index (χ1v) is 9.22. The topological polar surface area (TPSA) is 18.5 Å². The lowest BCUT2D eigenvalue weighted by molar-refractivity contribution is -0.0996. The van der Waals surface area contributed by atoms with Gasteiger partial charge in [-0.2, -0.15) is 0 Å². The predicted molar refractivity (Wildman–Crippen MR) is 99.5 cm³/mol. The van der Waals surface area contributed by atoms with Crippen LogP contribution in [-0.4, -0.2) is 19.0 Å². The van der Waals surface area contributed by atoms with Crippen LogP contribution in [0.25, 0.3) is 0 Å². The standard InChI is InChI=1S/C21H34O2/c1-3-4-5-6-7-8-9-10-11-12-13-14-15-16-17-18-21(2)22-19-20-23-21/h11-18H,3-10,19-20H2,1-2H3/b12-11+,14-13+,16-15+,18-17+. The SMILES string of the molecule is CCCCCCCCC/C=C/C=C/C=C/C=C/C1(C)OCCO1. The van der Waals surface area contributed by atoms with Gasteiger partial charge < -0.3 is 9.47 Å². The Kier molecular flexibility index (Phi) is 11.5. The maximum Gasteiger partial charge on any atom is 0.185 e. The average Bonchev–Trinajstić information content (AvgIpc) is 2.98. The highest BCUT2D eigenvalue weighted by Gasteiger charge is 2.26. The molecule has 0 aromatic carbocycles. The summed E-state index contributed by atoms with van der Waals surface area (Å²) >= 11 is 0. The maximum atomic E-state index is 5.49. The van der Waals surface area contributed by atoms with E-state index in [4.69, 9.17) is 9.47 Å². The lowest BCUT2D eigenvalue weighted by Gasteiger charge is -2.16. The summed E-state index contributed by atoms with van der Waals surface area (Å²) in [5.41, 5.74) is 0. The molecule has 2 heteroatoms. The molecule has 0 aromatic rings. The van der Waals surface area contributed by atoms with Gasteiger partial charge in [-0.25, -0.2) is 0 Å². The van der Waals surface area contributed by atoms with Gasteiger partial charge in [0, 0.05) is 0 Å². The Morgan fingerprint density at radius 1 is 0.739 bits per heavy atom. The lowest BCUT2D eigenvalue weighted by Crippen LogP contribution is -2.21. The third kappa shape index (κ3) is 11.1. The Hall–Kier alpha value is -1.12. The predicted octanol–water partition coefficient (Wildman–Crippen LogP) is 6.11.